The number of benzene rings is 2. The molecule has 2 aromatic carbocycles. The number of carboxylic acid groups (broad SMARTS) is 1. The quantitative estimate of drug-likeness (QED) is 0.920. The van der Waals surface area contributed by atoms with Crippen LogP contribution >= 0.6 is 0 Å². The molecule has 2 aromatic rings. The lowest BCUT2D eigenvalue weighted by Gasteiger charge is -2.29. The zero-order chi connectivity index (χ0) is 14.8. The highest BCUT2D eigenvalue weighted by Gasteiger charge is 2.24. The topological polar surface area (TPSA) is 57.6 Å². The lowest BCUT2D eigenvalue weighted by atomic mass is 9.98. The van der Waals surface area contributed by atoms with Crippen LogP contribution in [-0.2, 0) is 13.0 Å². The molecule has 0 saturated heterocycles. The molecule has 4 heteroatoms. The average molecular weight is 281 g/mol. The molecule has 0 spiro atoms. The maximum Gasteiger partial charge on any atom is 0.336 e. The van der Waals surface area contributed by atoms with Gasteiger partial charge in [-0.25, -0.2) is 4.79 Å². The van der Waals surface area contributed by atoms with Gasteiger partial charge in [0.15, 0.2) is 0 Å². The molecule has 4 nitrogen and oxygen atoms in total. The number of nitrogens with zero attached hydrogens (tertiary/aromatic N) is 1. The lowest BCUT2D eigenvalue weighted by Crippen LogP contribution is -2.36. The first-order valence-electron chi connectivity index (χ1n) is 6.85. The predicted molar refractivity (Wildman–Crippen MR) is 78.3 cm³/mol. The van der Waals surface area contributed by atoms with Crippen molar-refractivity contribution in [3.05, 3.63) is 70.8 Å². The average Bonchev–Trinajstić information content (AvgIpc) is 2.53. The van der Waals surface area contributed by atoms with Gasteiger partial charge in [0.2, 0.25) is 0 Å². The number of carbonyl (C=O) groups excluding carboxylic acids is 1. The van der Waals surface area contributed by atoms with Crippen molar-refractivity contribution in [3.8, 4) is 0 Å². The van der Waals surface area contributed by atoms with Gasteiger partial charge >= 0.3 is 5.97 Å². The second kappa shape index (κ2) is 5.40. The third-order valence-electron chi connectivity index (χ3n) is 3.81. The highest BCUT2D eigenvalue weighted by atomic mass is 16.4. The van der Waals surface area contributed by atoms with Gasteiger partial charge in [-0.15, -0.1) is 0 Å². The zero-order valence-electron chi connectivity index (χ0n) is 11.5. The third-order valence-corrected chi connectivity index (χ3v) is 3.81. The molecular formula is C17H15NO3. The number of carboxylic acids is 1. The summed E-state index contributed by atoms with van der Waals surface area (Å²) in [4.78, 5) is 25.5. The number of aromatic carboxylic acids is 1. The minimum atomic E-state index is -1.07. The largest absolute Gasteiger partial charge is 0.478 e. The van der Waals surface area contributed by atoms with Gasteiger partial charge in [-0.3, -0.25) is 4.79 Å². The monoisotopic (exact) mass is 281 g/mol. The van der Waals surface area contributed by atoms with Gasteiger partial charge in [0.05, 0.1) is 11.1 Å². The van der Waals surface area contributed by atoms with Gasteiger partial charge in [-0.2, -0.15) is 0 Å². The van der Waals surface area contributed by atoms with E-state index in [1.165, 1.54) is 11.6 Å². The van der Waals surface area contributed by atoms with E-state index in [2.05, 4.69) is 6.07 Å². The lowest BCUT2D eigenvalue weighted by molar-refractivity contribution is 0.0669. The first-order valence-corrected chi connectivity index (χ1v) is 6.85. The SMILES string of the molecule is O=C(O)c1ccccc1C(=O)N1CCc2ccccc2C1. The Morgan fingerprint density at radius 1 is 0.905 bits per heavy atom. The molecule has 3 rings (SSSR count). The first-order chi connectivity index (χ1) is 10.2. The summed E-state index contributed by atoms with van der Waals surface area (Å²) < 4.78 is 0. The Bertz CT molecular complexity index is 709. The smallest absolute Gasteiger partial charge is 0.336 e. The van der Waals surface area contributed by atoms with E-state index in [1.54, 1.807) is 23.1 Å². The molecule has 0 radical (unpaired) electrons. The maximum atomic E-state index is 12.6. The number of amides is 1. The van der Waals surface area contributed by atoms with Crippen molar-refractivity contribution < 1.29 is 14.7 Å². The van der Waals surface area contributed by atoms with Crippen molar-refractivity contribution in [2.75, 3.05) is 6.54 Å². The Labute approximate surface area is 122 Å². The van der Waals surface area contributed by atoms with Crippen LogP contribution in [-0.4, -0.2) is 28.4 Å². The molecule has 1 heterocycles. The van der Waals surface area contributed by atoms with Crippen LogP contribution < -0.4 is 0 Å². The van der Waals surface area contributed by atoms with E-state index >= 15 is 0 Å². The summed E-state index contributed by atoms with van der Waals surface area (Å²) in [6.07, 6.45) is 0.803. The fraction of sp³-hybridized carbons (Fsp3) is 0.176. The normalized spacial score (nSPS) is 13.6. The molecule has 0 unspecified atom stereocenters. The van der Waals surface area contributed by atoms with Gasteiger partial charge in [-0.05, 0) is 29.7 Å². The van der Waals surface area contributed by atoms with Gasteiger partial charge in [0.25, 0.3) is 5.91 Å². The fourth-order valence-electron chi connectivity index (χ4n) is 2.70. The number of fused-ring (bicyclic) bond motifs is 1. The molecule has 106 valence electrons. The number of hydrogen-bond acceptors (Lipinski definition) is 2. The molecular weight excluding hydrogens is 266 g/mol. The Balaban J connectivity index is 1.89. The minimum absolute atomic E-state index is 0.0568. The van der Waals surface area contributed by atoms with Gasteiger partial charge in [0.1, 0.15) is 0 Å². The summed E-state index contributed by atoms with van der Waals surface area (Å²) in [5.41, 5.74) is 2.70. The molecule has 1 amide bonds. The van der Waals surface area contributed by atoms with E-state index in [4.69, 9.17) is 0 Å². The number of rotatable bonds is 2. The molecule has 0 saturated carbocycles. The van der Waals surface area contributed by atoms with E-state index in [9.17, 15) is 14.7 Å². The fourth-order valence-corrected chi connectivity index (χ4v) is 2.70. The standard InChI is InChI=1S/C17H15NO3/c19-16(14-7-3-4-8-15(14)17(20)21)18-10-9-12-5-1-2-6-13(12)11-18/h1-8H,9-11H2,(H,20,21). The molecule has 1 aliphatic rings. The third kappa shape index (κ3) is 2.52. The van der Waals surface area contributed by atoms with E-state index in [0.29, 0.717) is 13.1 Å². The Hall–Kier alpha value is -2.62. The molecule has 1 aliphatic heterocycles. The van der Waals surface area contributed by atoms with Crippen molar-refractivity contribution in [2.24, 2.45) is 0 Å². The minimum Gasteiger partial charge on any atom is -0.478 e. The van der Waals surface area contributed by atoms with Crippen molar-refractivity contribution in [1.82, 2.24) is 4.90 Å². The first kappa shape index (κ1) is 13.4. The van der Waals surface area contributed by atoms with Crippen molar-refractivity contribution in [1.29, 1.82) is 0 Å². The van der Waals surface area contributed by atoms with E-state index in [-0.39, 0.29) is 17.0 Å². The van der Waals surface area contributed by atoms with Crippen LogP contribution in [0.3, 0.4) is 0 Å². The highest BCUT2D eigenvalue weighted by molar-refractivity contribution is 6.04. The van der Waals surface area contributed by atoms with Crippen LogP contribution in [0, 0.1) is 0 Å². The van der Waals surface area contributed by atoms with E-state index in [1.807, 2.05) is 18.2 Å². The molecule has 0 aromatic heterocycles. The van der Waals surface area contributed by atoms with Gasteiger partial charge in [0, 0.05) is 13.1 Å². The molecule has 0 aliphatic carbocycles. The molecule has 21 heavy (non-hydrogen) atoms. The van der Waals surface area contributed by atoms with Crippen LogP contribution in [0.1, 0.15) is 31.8 Å². The Morgan fingerprint density at radius 3 is 2.24 bits per heavy atom. The maximum absolute atomic E-state index is 12.6. The van der Waals surface area contributed by atoms with Crippen LogP contribution in [0.2, 0.25) is 0 Å². The zero-order valence-corrected chi connectivity index (χ0v) is 11.5. The summed E-state index contributed by atoms with van der Waals surface area (Å²) in [6.45, 7) is 1.15. The number of carbonyl (C=O) groups is 2. The summed E-state index contributed by atoms with van der Waals surface area (Å²) in [5.74, 6) is -1.29. The molecule has 1 N–H and O–H groups in total. The van der Waals surface area contributed by atoms with Crippen molar-refractivity contribution >= 4 is 11.9 Å². The van der Waals surface area contributed by atoms with Gasteiger partial charge in [-0.1, -0.05) is 36.4 Å². The van der Waals surface area contributed by atoms with Crippen LogP contribution in [0.15, 0.2) is 48.5 Å². The van der Waals surface area contributed by atoms with Crippen LogP contribution in [0.25, 0.3) is 0 Å². The van der Waals surface area contributed by atoms with Crippen molar-refractivity contribution in [2.45, 2.75) is 13.0 Å². The van der Waals surface area contributed by atoms with E-state index < -0.39 is 5.97 Å². The molecule has 0 fully saturated rings. The summed E-state index contributed by atoms with van der Waals surface area (Å²) in [6, 6.07) is 14.4. The second-order valence-electron chi connectivity index (χ2n) is 5.10. The molecule has 0 bridgehead atoms. The Kier molecular flexibility index (Phi) is 3.44. The van der Waals surface area contributed by atoms with E-state index in [0.717, 1.165) is 12.0 Å². The second-order valence-corrected chi connectivity index (χ2v) is 5.10. The number of hydrogen-bond donors (Lipinski definition) is 1. The summed E-state index contributed by atoms with van der Waals surface area (Å²) >= 11 is 0. The molecule has 0 atom stereocenters. The summed E-state index contributed by atoms with van der Waals surface area (Å²) in [7, 11) is 0. The predicted octanol–water partition coefficient (Wildman–Crippen LogP) is 2.58. The van der Waals surface area contributed by atoms with Gasteiger partial charge < -0.3 is 10.0 Å². The Morgan fingerprint density at radius 2 is 1.52 bits per heavy atom. The highest BCUT2D eigenvalue weighted by Crippen LogP contribution is 2.21. The van der Waals surface area contributed by atoms with Crippen LogP contribution in [0.4, 0.5) is 0 Å². The van der Waals surface area contributed by atoms with Crippen LogP contribution in [0.5, 0.6) is 0 Å². The van der Waals surface area contributed by atoms with Crippen molar-refractivity contribution in [3.63, 3.8) is 0 Å². The summed E-state index contributed by atoms with van der Waals surface area (Å²) in [5, 5.41) is 9.20.